The number of nitrogens with zero attached hydrogens (tertiary/aromatic N) is 3. The Hall–Kier alpha value is -3.37. The van der Waals surface area contributed by atoms with Gasteiger partial charge in [0.25, 0.3) is 0 Å². The van der Waals surface area contributed by atoms with Crippen molar-refractivity contribution in [2.75, 3.05) is 0 Å². The minimum atomic E-state index is -0.00570. The number of hydrogen-bond donors (Lipinski definition) is 0. The van der Waals surface area contributed by atoms with Crippen molar-refractivity contribution < 1.29 is 20.4 Å². The predicted octanol–water partition coefficient (Wildman–Crippen LogP) is 9.67. The first-order valence-corrected chi connectivity index (χ1v) is 12.8. The number of aliphatic imine (C=N–C) groups is 2. The molecule has 5 rings (SSSR count). The molecule has 0 aliphatic heterocycles. The van der Waals surface area contributed by atoms with Gasteiger partial charge in [0.15, 0.2) is 0 Å². The quantitative estimate of drug-likeness (QED) is 0.165. The van der Waals surface area contributed by atoms with Crippen LogP contribution in [0.25, 0.3) is 10.8 Å². The molecule has 0 radical (unpaired) electrons. The fourth-order valence-electron chi connectivity index (χ4n) is 4.87. The second-order valence-corrected chi connectivity index (χ2v) is 11.4. The molecule has 39 heavy (non-hydrogen) atoms. The van der Waals surface area contributed by atoms with Gasteiger partial charge in [0.2, 0.25) is 0 Å². The Labute approximate surface area is 248 Å². The van der Waals surface area contributed by atoms with Gasteiger partial charge in [0.05, 0.1) is 28.9 Å². The van der Waals surface area contributed by atoms with Crippen LogP contribution < -0.4 is 0 Å². The third-order valence-corrected chi connectivity index (χ3v) is 6.53. The molecule has 204 valence electrons. The van der Waals surface area contributed by atoms with E-state index in [1.807, 2.05) is 0 Å². The molecule has 0 saturated carbocycles. The third-order valence-electron chi connectivity index (χ3n) is 6.53. The van der Waals surface area contributed by atoms with E-state index in [1.54, 1.807) is 6.07 Å². The fourth-order valence-corrected chi connectivity index (χ4v) is 4.87. The maximum atomic E-state index is 7.32. The van der Waals surface area contributed by atoms with Crippen LogP contribution in [0.15, 0.2) is 94.9 Å². The molecule has 3 nitrogen and oxygen atoms in total. The molecule has 0 saturated heterocycles. The zero-order valence-corrected chi connectivity index (χ0v) is 25.8. The molecule has 0 amide bonds. The van der Waals surface area contributed by atoms with Gasteiger partial charge in [-0.05, 0) is 39.5 Å². The maximum absolute atomic E-state index is 7.32. The Morgan fingerprint density at radius 2 is 0.949 bits per heavy atom. The van der Waals surface area contributed by atoms with Crippen LogP contribution in [-0.4, -0.2) is 11.4 Å². The molecule has 1 aliphatic carbocycles. The molecule has 0 atom stereocenters. The molecule has 4 heteroatoms. The molecular weight excluding hydrogens is 569 g/mol. The molecule has 1 aliphatic rings. The van der Waals surface area contributed by atoms with E-state index in [9.17, 15) is 0 Å². The van der Waals surface area contributed by atoms with E-state index in [1.165, 1.54) is 28.8 Å². The number of nitriles is 1. The molecule has 4 aromatic carbocycles. The van der Waals surface area contributed by atoms with Gasteiger partial charge < -0.3 is 7.43 Å². The van der Waals surface area contributed by atoms with Crippen LogP contribution in [0.1, 0.15) is 70.7 Å². The van der Waals surface area contributed by atoms with E-state index in [2.05, 4.69) is 126 Å². The second-order valence-electron chi connectivity index (χ2n) is 11.4. The molecule has 0 fully saturated rings. The SMILES string of the molecule is CC#N.CC(C)(C)c1ccccc1N=C1C(=Nc2ccccc2C(C)(C)C)c2cccc3cccc1c23.[CH3-].[Pd]. The van der Waals surface area contributed by atoms with Crippen LogP contribution in [0.4, 0.5) is 11.4 Å². The summed E-state index contributed by atoms with van der Waals surface area (Å²) in [5, 5.41) is 9.78. The monoisotopic (exact) mass is 606 g/mol. The molecular formula is C35H38N3Pd-. The molecule has 0 spiro atoms. The molecule has 4 aromatic rings. The summed E-state index contributed by atoms with van der Waals surface area (Å²) in [7, 11) is 0. The first-order valence-electron chi connectivity index (χ1n) is 12.8. The summed E-state index contributed by atoms with van der Waals surface area (Å²) < 4.78 is 0. The summed E-state index contributed by atoms with van der Waals surface area (Å²) >= 11 is 0. The smallest absolute Gasteiger partial charge is 0.0978 e. The zero-order chi connectivity index (χ0) is 26.8. The van der Waals surface area contributed by atoms with Crippen molar-refractivity contribution in [2.45, 2.75) is 59.3 Å². The van der Waals surface area contributed by atoms with Gasteiger partial charge in [0.1, 0.15) is 0 Å². The van der Waals surface area contributed by atoms with E-state index in [4.69, 9.17) is 15.2 Å². The number of benzene rings is 4. The van der Waals surface area contributed by atoms with E-state index < -0.39 is 0 Å². The molecule has 0 N–H and O–H groups in total. The predicted molar refractivity (Wildman–Crippen MR) is 164 cm³/mol. The van der Waals surface area contributed by atoms with Gasteiger partial charge in [-0.2, -0.15) is 5.26 Å². The van der Waals surface area contributed by atoms with Crippen molar-refractivity contribution in [3.05, 3.63) is 115 Å². The first kappa shape index (κ1) is 31.8. The van der Waals surface area contributed by atoms with E-state index in [0.29, 0.717) is 0 Å². The Morgan fingerprint density at radius 1 is 0.590 bits per heavy atom. The Balaban J connectivity index is 0.00000102. The summed E-state index contributed by atoms with van der Waals surface area (Å²) in [6, 6.07) is 31.7. The van der Waals surface area contributed by atoms with Crippen molar-refractivity contribution in [3.63, 3.8) is 0 Å². The Kier molecular flexibility index (Phi) is 10.3. The van der Waals surface area contributed by atoms with Crippen molar-refractivity contribution >= 4 is 33.6 Å². The summed E-state index contributed by atoms with van der Waals surface area (Å²) in [5.74, 6) is 0. The molecule has 0 aromatic heterocycles. The zero-order valence-electron chi connectivity index (χ0n) is 24.2. The van der Waals surface area contributed by atoms with Crippen LogP contribution in [0.5, 0.6) is 0 Å². The molecule has 0 bridgehead atoms. The van der Waals surface area contributed by atoms with Crippen LogP contribution in [0.3, 0.4) is 0 Å². The van der Waals surface area contributed by atoms with E-state index in [0.717, 1.165) is 33.9 Å². The molecule has 0 unspecified atom stereocenters. The van der Waals surface area contributed by atoms with Crippen molar-refractivity contribution in [1.82, 2.24) is 0 Å². The van der Waals surface area contributed by atoms with Crippen LogP contribution in [-0.2, 0) is 31.3 Å². The maximum Gasteiger partial charge on any atom is 0.0978 e. The number of hydrogen-bond acceptors (Lipinski definition) is 3. The van der Waals surface area contributed by atoms with Gasteiger partial charge in [-0.1, -0.05) is 114 Å². The summed E-state index contributed by atoms with van der Waals surface area (Å²) in [6.07, 6.45) is 0. The standard InChI is InChI=1S/C32H32N2.C2H3N.CH3.Pd/c1-31(2,3)24-17-7-9-19-26(24)33-29-22-15-11-13-21-14-12-16-23(28(21)22)30(29)34-27-20-10-8-18-25(27)32(4,5)6;1-2-3;;/h7-20H,1-6H3;1H3;1H3;/q;;-1;. The topological polar surface area (TPSA) is 48.5 Å². The summed E-state index contributed by atoms with van der Waals surface area (Å²) in [4.78, 5) is 10.6. The van der Waals surface area contributed by atoms with Crippen LogP contribution in [0.2, 0.25) is 0 Å². The third kappa shape index (κ3) is 6.62. The average Bonchev–Trinajstić information content (AvgIpc) is 3.13. The van der Waals surface area contributed by atoms with Gasteiger partial charge in [-0.25, -0.2) is 9.98 Å². The van der Waals surface area contributed by atoms with Crippen molar-refractivity contribution in [2.24, 2.45) is 9.98 Å². The number of para-hydroxylation sites is 2. The van der Waals surface area contributed by atoms with Crippen molar-refractivity contribution in [1.29, 1.82) is 5.26 Å². The van der Waals surface area contributed by atoms with Crippen LogP contribution >= 0.6 is 0 Å². The summed E-state index contributed by atoms with van der Waals surface area (Å²) in [5.41, 5.74) is 8.69. The summed E-state index contributed by atoms with van der Waals surface area (Å²) in [6.45, 7) is 14.9. The first-order chi connectivity index (χ1) is 17.6. The van der Waals surface area contributed by atoms with Gasteiger partial charge in [0, 0.05) is 43.9 Å². The second kappa shape index (κ2) is 12.7. The normalized spacial score (nSPS) is 14.2. The van der Waals surface area contributed by atoms with E-state index in [-0.39, 0.29) is 38.7 Å². The fraction of sp³-hybridized carbons (Fsp3) is 0.257. The molecule has 0 heterocycles. The van der Waals surface area contributed by atoms with Gasteiger partial charge in [-0.15, -0.1) is 0 Å². The van der Waals surface area contributed by atoms with Crippen molar-refractivity contribution in [3.8, 4) is 6.07 Å². The van der Waals surface area contributed by atoms with Gasteiger partial charge >= 0.3 is 0 Å². The van der Waals surface area contributed by atoms with E-state index >= 15 is 0 Å². The Bertz CT molecular complexity index is 1450. The largest absolute Gasteiger partial charge is 0.358 e. The van der Waals surface area contributed by atoms with Gasteiger partial charge in [-0.3, -0.25) is 0 Å². The average molecular weight is 607 g/mol. The number of rotatable bonds is 2. The minimum absolute atomic E-state index is 0. The van der Waals surface area contributed by atoms with Crippen LogP contribution in [0, 0.1) is 18.8 Å². The Morgan fingerprint density at radius 3 is 1.31 bits per heavy atom. The minimum Gasteiger partial charge on any atom is -0.358 e.